The lowest BCUT2D eigenvalue weighted by atomic mass is 9.80. The van der Waals surface area contributed by atoms with Crippen LogP contribution in [0.5, 0.6) is 17.2 Å². The van der Waals surface area contributed by atoms with Gasteiger partial charge >= 0.3 is 7.12 Å². The third kappa shape index (κ3) is 3.72. The van der Waals surface area contributed by atoms with Crippen LogP contribution in [0, 0.1) is 11.3 Å². The van der Waals surface area contributed by atoms with Crippen LogP contribution in [-0.2, 0) is 6.42 Å². The highest BCUT2D eigenvalue weighted by Crippen LogP contribution is 2.40. The zero-order chi connectivity index (χ0) is 19.5. The molecule has 0 amide bonds. The first-order valence-electron chi connectivity index (χ1n) is 9.06. The zero-order valence-corrected chi connectivity index (χ0v) is 15.1. The highest BCUT2D eigenvalue weighted by molar-refractivity contribution is 6.58. The van der Waals surface area contributed by atoms with Crippen molar-refractivity contribution in [2.75, 3.05) is 0 Å². The van der Waals surface area contributed by atoms with Gasteiger partial charge in [0.1, 0.15) is 23.4 Å². The average molecular weight is 371 g/mol. The maximum Gasteiger partial charge on any atom is 0.488 e. The molecule has 0 fully saturated rings. The smallest absolute Gasteiger partial charge is 0.486 e. The van der Waals surface area contributed by atoms with Gasteiger partial charge in [0.25, 0.3) is 0 Å². The van der Waals surface area contributed by atoms with Gasteiger partial charge in [-0.25, -0.2) is 0 Å². The summed E-state index contributed by atoms with van der Waals surface area (Å²) in [4.78, 5) is 0. The highest BCUT2D eigenvalue weighted by atomic mass is 16.5. The van der Waals surface area contributed by atoms with Gasteiger partial charge in [-0.05, 0) is 66.3 Å². The van der Waals surface area contributed by atoms with Crippen LogP contribution in [0.25, 0.3) is 0 Å². The Balaban J connectivity index is 1.52. The van der Waals surface area contributed by atoms with Gasteiger partial charge in [0.05, 0.1) is 11.6 Å². The van der Waals surface area contributed by atoms with Crippen LogP contribution >= 0.6 is 0 Å². The Morgan fingerprint density at radius 2 is 1.64 bits per heavy atom. The van der Waals surface area contributed by atoms with E-state index in [1.807, 2.05) is 18.2 Å². The Labute approximate surface area is 163 Å². The van der Waals surface area contributed by atoms with Gasteiger partial charge in [0, 0.05) is 5.56 Å². The largest absolute Gasteiger partial charge is 0.488 e. The van der Waals surface area contributed by atoms with Crippen LogP contribution in [0.15, 0.2) is 66.7 Å². The van der Waals surface area contributed by atoms with Gasteiger partial charge < -0.3 is 19.5 Å². The summed E-state index contributed by atoms with van der Waals surface area (Å²) in [6, 6.07) is 21.8. The summed E-state index contributed by atoms with van der Waals surface area (Å²) < 4.78 is 12.2. The normalized spacial score (nSPS) is 14.8. The van der Waals surface area contributed by atoms with Gasteiger partial charge in [-0.1, -0.05) is 24.3 Å². The predicted molar refractivity (Wildman–Crippen MR) is 106 cm³/mol. The van der Waals surface area contributed by atoms with Gasteiger partial charge in [-0.15, -0.1) is 0 Å². The van der Waals surface area contributed by atoms with Crippen molar-refractivity contribution in [1.29, 1.82) is 5.26 Å². The molecule has 0 saturated carbocycles. The van der Waals surface area contributed by atoms with E-state index >= 15 is 0 Å². The fourth-order valence-electron chi connectivity index (χ4n) is 3.41. The summed E-state index contributed by atoms with van der Waals surface area (Å²) in [5.74, 6) is 2.17. The molecular formula is C22H18BNO4. The molecule has 138 valence electrons. The molecule has 5 nitrogen and oxygen atoms in total. The minimum atomic E-state index is -1.48. The number of hydrogen-bond acceptors (Lipinski definition) is 5. The number of nitriles is 1. The topological polar surface area (TPSA) is 82.7 Å². The summed E-state index contributed by atoms with van der Waals surface area (Å²) >= 11 is 0. The van der Waals surface area contributed by atoms with E-state index in [1.165, 1.54) is 0 Å². The van der Waals surface area contributed by atoms with Crippen LogP contribution in [0.3, 0.4) is 0 Å². The summed E-state index contributed by atoms with van der Waals surface area (Å²) in [6.45, 7) is 0. The van der Waals surface area contributed by atoms with Crippen LogP contribution < -0.4 is 14.9 Å². The number of nitrogens with zero attached hydrogens (tertiary/aromatic N) is 1. The summed E-state index contributed by atoms with van der Waals surface area (Å²) in [5, 5.41) is 27.3. The molecule has 0 aliphatic heterocycles. The Hall–Kier alpha value is -3.27. The Kier molecular flexibility index (Phi) is 5.03. The molecule has 0 radical (unpaired) electrons. The lowest BCUT2D eigenvalue weighted by Crippen LogP contribution is -2.29. The monoisotopic (exact) mass is 371 g/mol. The van der Waals surface area contributed by atoms with E-state index < -0.39 is 7.12 Å². The lowest BCUT2D eigenvalue weighted by Gasteiger charge is -2.16. The standard InChI is InChI=1S/C22H18BNO4/c24-14-15-4-8-17(9-5-15)27-21-3-1-2-19-20(21)12-13-22(19)28-18-10-6-16(7-11-18)23(25)26/h1-11,22,25-26H,12-13H2/t22-/m1/s1. The van der Waals surface area contributed by atoms with Gasteiger partial charge in [-0.2, -0.15) is 5.26 Å². The molecule has 0 saturated heterocycles. The third-order valence-electron chi connectivity index (χ3n) is 4.84. The van der Waals surface area contributed by atoms with Gasteiger partial charge in [-0.3, -0.25) is 0 Å². The first-order chi connectivity index (χ1) is 13.6. The van der Waals surface area contributed by atoms with E-state index in [0.717, 1.165) is 29.7 Å². The Morgan fingerprint density at radius 1 is 0.929 bits per heavy atom. The zero-order valence-electron chi connectivity index (χ0n) is 15.1. The van der Waals surface area contributed by atoms with Gasteiger partial charge in [0.15, 0.2) is 0 Å². The van der Waals surface area contributed by atoms with Crippen LogP contribution in [0.1, 0.15) is 29.2 Å². The molecule has 0 heterocycles. The number of ether oxygens (including phenoxy) is 2. The van der Waals surface area contributed by atoms with E-state index in [-0.39, 0.29) is 6.10 Å². The predicted octanol–water partition coefficient (Wildman–Crippen LogP) is 3.10. The molecule has 0 bridgehead atoms. The van der Waals surface area contributed by atoms with Crippen molar-refractivity contribution in [3.8, 4) is 23.3 Å². The summed E-state index contributed by atoms with van der Waals surface area (Å²) in [5.41, 5.74) is 3.24. The average Bonchev–Trinajstić information content (AvgIpc) is 3.13. The fourth-order valence-corrected chi connectivity index (χ4v) is 3.41. The molecule has 0 unspecified atom stereocenters. The third-order valence-corrected chi connectivity index (χ3v) is 4.84. The maximum absolute atomic E-state index is 9.19. The molecule has 1 aliphatic rings. The molecule has 28 heavy (non-hydrogen) atoms. The molecule has 0 spiro atoms. The molecule has 3 aromatic carbocycles. The minimum Gasteiger partial charge on any atom is -0.486 e. The van der Waals surface area contributed by atoms with Crippen LogP contribution in [-0.4, -0.2) is 17.2 Å². The number of benzene rings is 3. The first kappa shape index (κ1) is 18.1. The van der Waals surface area contributed by atoms with E-state index in [2.05, 4.69) is 6.07 Å². The fraction of sp³-hybridized carbons (Fsp3) is 0.136. The van der Waals surface area contributed by atoms with Crippen molar-refractivity contribution >= 4 is 12.6 Å². The number of rotatable bonds is 5. The SMILES string of the molecule is N#Cc1ccc(Oc2cccc3c2CC[C@H]3Oc2ccc(B(O)O)cc2)cc1. The molecular weight excluding hydrogens is 353 g/mol. The molecule has 4 rings (SSSR count). The second-order valence-corrected chi connectivity index (χ2v) is 6.65. The number of fused-ring (bicyclic) bond motifs is 1. The quantitative estimate of drug-likeness (QED) is 0.674. The summed E-state index contributed by atoms with van der Waals surface area (Å²) in [7, 11) is -1.48. The van der Waals surface area contributed by atoms with Crippen molar-refractivity contribution in [3.63, 3.8) is 0 Å². The second kappa shape index (κ2) is 7.77. The maximum atomic E-state index is 9.19. The lowest BCUT2D eigenvalue weighted by molar-refractivity contribution is 0.207. The molecule has 2 N–H and O–H groups in total. The van der Waals surface area contributed by atoms with Crippen molar-refractivity contribution in [2.45, 2.75) is 18.9 Å². The van der Waals surface area contributed by atoms with Crippen molar-refractivity contribution in [3.05, 3.63) is 83.4 Å². The molecule has 1 atom stereocenters. The highest BCUT2D eigenvalue weighted by Gasteiger charge is 2.27. The molecule has 6 heteroatoms. The van der Waals surface area contributed by atoms with Crippen molar-refractivity contribution in [2.24, 2.45) is 0 Å². The number of hydrogen-bond donors (Lipinski definition) is 2. The van der Waals surface area contributed by atoms with E-state index in [4.69, 9.17) is 14.7 Å². The summed E-state index contributed by atoms with van der Waals surface area (Å²) in [6.07, 6.45) is 1.61. The minimum absolute atomic E-state index is 0.0792. The molecule has 0 aromatic heterocycles. The van der Waals surface area contributed by atoms with Crippen LogP contribution in [0.2, 0.25) is 0 Å². The van der Waals surface area contributed by atoms with Crippen molar-refractivity contribution in [1.82, 2.24) is 0 Å². The van der Waals surface area contributed by atoms with Crippen molar-refractivity contribution < 1.29 is 19.5 Å². The van der Waals surface area contributed by atoms with Crippen LogP contribution in [0.4, 0.5) is 0 Å². The van der Waals surface area contributed by atoms with E-state index in [9.17, 15) is 10.0 Å². The van der Waals surface area contributed by atoms with E-state index in [1.54, 1.807) is 48.5 Å². The first-order valence-corrected chi connectivity index (χ1v) is 9.06. The molecule has 3 aromatic rings. The van der Waals surface area contributed by atoms with Gasteiger partial charge in [0.2, 0.25) is 0 Å². The Bertz CT molecular complexity index is 1010. The second-order valence-electron chi connectivity index (χ2n) is 6.65. The van der Waals surface area contributed by atoms with E-state index in [0.29, 0.717) is 22.5 Å². The molecule has 1 aliphatic carbocycles. The Morgan fingerprint density at radius 3 is 2.32 bits per heavy atom.